The fourth-order valence-corrected chi connectivity index (χ4v) is 2.54. The highest BCUT2D eigenvalue weighted by Gasteiger charge is 2.19. The number of amides is 3. The molecule has 0 aliphatic carbocycles. The highest BCUT2D eigenvalue weighted by Crippen LogP contribution is 2.16. The van der Waals surface area contributed by atoms with E-state index in [1.807, 2.05) is 0 Å². The van der Waals surface area contributed by atoms with Crippen LogP contribution in [0.2, 0.25) is 0 Å². The summed E-state index contributed by atoms with van der Waals surface area (Å²) in [4.78, 5) is 35.0. The second-order valence-electron chi connectivity index (χ2n) is 5.56. The Morgan fingerprint density at radius 3 is 2.74 bits per heavy atom. The first-order valence-corrected chi connectivity index (χ1v) is 7.75. The molecule has 1 aromatic carbocycles. The lowest BCUT2D eigenvalue weighted by atomic mass is 10.1. The van der Waals surface area contributed by atoms with Gasteiger partial charge in [-0.05, 0) is 31.5 Å². The highest BCUT2D eigenvalue weighted by atomic mass is 16.2. The molecule has 0 aromatic heterocycles. The molecule has 2 rings (SSSR count). The van der Waals surface area contributed by atoms with Crippen molar-refractivity contribution in [3.05, 3.63) is 29.8 Å². The summed E-state index contributed by atoms with van der Waals surface area (Å²) in [5.74, 6) is -0.945. The number of benzene rings is 1. The molecule has 1 aromatic rings. The topological polar surface area (TPSA) is 113 Å². The Hall–Kier alpha value is -2.41. The Balaban J connectivity index is 1.94. The van der Waals surface area contributed by atoms with Crippen molar-refractivity contribution < 1.29 is 14.4 Å². The number of para-hydroxylation sites is 1. The first-order chi connectivity index (χ1) is 11.1. The molecular weight excluding hydrogens is 296 g/mol. The Morgan fingerprint density at radius 1 is 1.26 bits per heavy atom. The molecule has 7 heteroatoms. The first kappa shape index (κ1) is 17.0. The summed E-state index contributed by atoms with van der Waals surface area (Å²) in [5.41, 5.74) is 5.87. The van der Waals surface area contributed by atoms with Crippen LogP contribution in [-0.4, -0.2) is 36.9 Å². The number of hydrogen-bond acceptors (Lipinski definition) is 4. The molecule has 1 unspecified atom stereocenters. The fraction of sp³-hybridized carbons (Fsp3) is 0.438. The van der Waals surface area contributed by atoms with E-state index >= 15 is 0 Å². The van der Waals surface area contributed by atoms with E-state index in [0.717, 1.165) is 19.4 Å². The van der Waals surface area contributed by atoms with Crippen LogP contribution in [0.4, 0.5) is 5.69 Å². The number of anilines is 1. The van der Waals surface area contributed by atoms with E-state index in [0.29, 0.717) is 17.7 Å². The SMILES string of the molecule is NC(=O)CCNC(=O)c1ccccc1NC(=O)CC1CCCN1. The maximum Gasteiger partial charge on any atom is 0.253 e. The van der Waals surface area contributed by atoms with Crippen LogP contribution < -0.4 is 21.7 Å². The van der Waals surface area contributed by atoms with Gasteiger partial charge >= 0.3 is 0 Å². The van der Waals surface area contributed by atoms with E-state index < -0.39 is 5.91 Å². The lowest BCUT2D eigenvalue weighted by molar-refractivity contribution is -0.118. The van der Waals surface area contributed by atoms with E-state index in [-0.39, 0.29) is 30.8 Å². The van der Waals surface area contributed by atoms with Gasteiger partial charge in [0.25, 0.3) is 5.91 Å². The zero-order valence-corrected chi connectivity index (χ0v) is 12.9. The minimum atomic E-state index is -0.476. The van der Waals surface area contributed by atoms with Gasteiger partial charge < -0.3 is 21.7 Å². The van der Waals surface area contributed by atoms with Crippen molar-refractivity contribution in [3.63, 3.8) is 0 Å². The molecule has 1 fully saturated rings. The molecule has 0 saturated carbocycles. The zero-order chi connectivity index (χ0) is 16.7. The molecule has 124 valence electrons. The zero-order valence-electron chi connectivity index (χ0n) is 12.9. The van der Waals surface area contributed by atoms with Crippen molar-refractivity contribution in [2.24, 2.45) is 5.73 Å². The number of hydrogen-bond donors (Lipinski definition) is 4. The lowest BCUT2D eigenvalue weighted by Gasteiger charge is -2.13. The predicted octanol–water partition coefficient (Wildman–Crippen LogP) is 0.372. The summed E-state index contributed by atoms with van der Waals surface area (Å²) in [6, 6.07) is 6.99. The summed E-state index contributed by atoms with van der Waals surface area (Å²) in [7, 11) is 0. The quantitative estimate of drug-likeness (QED) is 0.582. The van der Waals surface area contributed by atoms with E-state index in [9.17, 15) is 14.4 Å². The molecule has 23 heavy (non-hydrogen) atoms. The molecular formula is C16H22N4O3. The number of carbonyl (C=O) groups excluding carboxylic acids is 3. The Labute approximate surface area is 135 Å². The Morgan fingerprint density at radius 2 is 2.04 bits per heavy atom. The fourth-order valence-electron chi connectivity index (χ4n) is 2.54. The van der Waals surface area contributed by atoms with Crippen molar-refractivity contribution in [1.82, 2.24) is 10.6 Å². The van der Waals surface area contributed by atoms with Gasteiger partial charge in [0.1, 0.15) is 0 Å². The maximum atomic E-state index is 12.1. The standard InChI is InChI=1S/C16H22N4O3/c17-14(21)7-9-19-16(23)12-5-1-2-6-13(12)20-15(22)10-11-4-3-8-18-11/h1-2,5-6,11,18H,3-4,7-10H2,(H2,17,21)(H,19,23)(H,20,22). The van der Waals surface area contributed by atoms with Gasteiger partial charge in [0.05, 0.1) is 11.3 Å². The molecule has 1 saturated heterocycles. The average Bonchev–Trinajstić information content (AvgIpc) is 3.00. The van der Waals surface area contributed by atoms with Crippen LogP contribution in [0.25, 0.3) is 0 Å². The third-order valence-electron chi connectivity index (χ3n) is 3.70. The van der Waals surface area contributed by atoms with Crippen molar-refractivity contribution >= 4 is 23.4 Å². The molecule has 3 amide bonds. The predicted molar refractivity (Wildman–Crippen MR) is 86.9 cm³/mol. The Bertz CT molecular complexity index is 582. The Kier molecular flexibility index (Phi) is 6.10. The van der Waals surface area contributed by atoms with Crippen molar-refractivity contribution in [2.75, 3.05) is 18.4 Å². The molecule has 0 bridgehead atoms. The van der Waals surface area contributed by atoms with Gasteiger partial charge in [-0.1, -0.05) is 12.1 Å². The van der Waals surface area contributed by atoms with Gasteiger partial charge in [0, 0.05) is 25.4 Å². The summed E-state index contributed by atoms with van der Waals surface area (Å²) in [6.45, 7) is 1.11. The minimum Gasteiger partial charge on any atom is -0.370 e. The van der Waals surface area contributed by atoms with Crippen LogP contribution in [0.3, 0.4) is 0 Å². The first-order valence-electron chi connectivity index (χ1n) is 7.75. The van der Waals surface area contributed by atoms with E-state index in [2.05, 4.69) is 16.0 Å². The van der Waals surface area contributed by atoms with E-state index in [4.69, 9.17) is 5.73 Å². The van der Waals surface area contributed by atoms with Crippen LogP contribution in [0, 0.1) is 0 Å². The van der Waals surface area contributed by atoms with Crippen molar-refractivity contribution in [3.8, 4) is 0 Å². The van der Waals surface area contributed by atoms with Crippen LogP contribution in [0.5, 0.6) is 0 Å². The molecule has 7 nitrogen and oxygen atoms in total. The second kappa shape index (κ2) is 8.28. The smallest absolute Gasteiger partial charge is 0.253 e. The minimum absolute atomic E-state index is 0.0770. The van der Waals surface area contributed by atoms with E-state index in [1.54, 1.807) is 24.3 Å². The third-order valence-corrected chi connectivity index (χ3v) is 3.70. The van der Waals surface area contributed by atoms with Crippen molar-refractivity contribution in [1.29, 1.82) is 0 Å². The van der Waals surface area contributed by atoms with Gasteiger partial charge in [0.2, 0.25) is 11.8 Å². The lowest BCUT2D eigenvalue weighted by Crippen LogP contribution is -2.30. The normalized spacial score (nSPS) is 16.8. The molecule has 0 radical (unpaired) electrons. The molecule has 1 atom stereocenters. The molecule has 1 aliphatic heterocycles. The number of carbonyl (C=O) groups is 3. The van der Waals surface area contributed by atoms with Gasteiger partial charge in [-0.25, -0.2) is 0 Å². The van der Waals surface area contributed by atoms with Crippen LogP contribution >= 0.6 is 0 Å². The molecule has 0 spiro atoms. The molecule has 1 aliphatic rings. The third kappa shape index (κ3) is 5.37. The number of nitrogens with two attached hydrogens (primary N) is 1. The molecule has 1 heterocycles. The highest BCUT2D eigenvalue weighted by molar-refractivity contribution is 6.03. The summed E-state index contributed by atoms with van der Waals surface area (Å²) in [5, 5.41) is 8.67. The average molecular weight is 318 g/mol. The van der Waals surface area contributed by atoms with Gasteiger partial charge in [0.15, 0.2) is 0 Å². The number of primary amides is 1. The molecule has 5 N–H and O–H groups in total. The summed E-state index contributed by atoms with van der Waals surface area (Å²) in [6.07, 6.45) is 2.53. The van der Waals surface area contributed by atoms with Crippen LogP contribution in [0.15, 0.2) is 24.3 Å². The van der Waals surface area contributed by atoms with E-state index in [1.165, 1.54) is 0 Å². The van der Waals surface area contributed by atoms with Gasteiger partial charge in [-0.3, -0.25) is 14.4 Å². The number of nitrogens with one attached hydrogen (secondary N) is 3. The summed E-state index contributed by atoms with van der Waals surface area (Å²) >= 11 is 0. The van der Waals surface area contributed by atoms with Gasteiger partial charge in [-0.2, -0.15) is 0 Å². The van der Waals surface area contributed by atoms with Crippen LogP contribution in [0.1, 0.15) is 36.0 Å². The van der Waals surface area contributed by atoms with Crippen molar-refractivity contribution in [2.45, 2.75) is 31.7 Å². The summed E-state index contributed by atoms with van der Waals surface area (Å²) < 4.78 is 0. The second-order valence-corrected chi connectivity index (χ2v) is 5.56. The van der Waals surface area contributed by atoms with Crippen LogP contribution in [-0.2, 0) is 9.59 Å². The largest absolute Gasteiger partial charge is 0.370 e. The monoisotopic (exact) mass is 318 g/mol. The maximum absolute atomic E-state index is 12.1. The van der Waals surface area contributed by atoms with Gasteiger partial charge in [-0.15, -0.1) is 0 Å². The number of rotatable bonds is 7.